The summed E-state index contributed by atoms with van der Waals surface area (Å²) in [4.78, 5) is 32.6. The molecule has 1 heterocycles. The Kier molecular flexibility index (Phi) is 7.27. The van der Waals surface area contributed by atoms with Gasteiger partial charge in [-0.05, 0) is 42.3 Å². The van der Waals surface area contributed by atoms with Gasteiger partial charge < -0.3 is 10.2 Å². The minimum Gasteiger partial charge on any atom is -0.326 e. The fourth-order valence-corrected chi connectivity index (χ4v) is 4.35. The quantitative estimate of drug-likeness (QED) is 0.469. The smallest absolute Gasteiger partial charge is 0.272 e. The highest BCUT2D eigenvalue weighted by atomic mass is 35.5. The van der Waals surface area contributed by atoms with Crippen LogP contribution in [-0.4, -0.2) is 30.7 Å². The molecular weight excluding hydrogens is 493 g/mol. The van der Waals surface area contributed by atoms with Gasteiger partial charge in [-0.3, -0.25) is 9.59 Å². The van der Waals surface area contributed by atoms with Gasteiger partial charge >= 0.3 is 0 Å². The van der Waals surface area contributed by atoms with Crippen LogP contribution in [-0.2, 0) is 16.0 Å². The van der Waals surface area contributed by atoms with Crippen LogP contribution < -0.4 is 10.2 Å². The molecule has 0 bridgehead atoms. The number of aliphatic imine (C=N–C) groups is 1. The van der Waals surface area contributed by atoms with Crippen molar-refractivity contribution in [3.05, 3.63) is 98.5 Å². The second-order valence-corrected chi connectivity index (χ2v) is 9.42. The Bertz CT molecular complexity index is 1280. The summed E-state index contributed by atoms with van der Waals surface area (Å²) in [5.74, 6) is -1.06. The Morgan fingerprint density at radius 3 is 2.47 bits per heavy atom. The summed E-state index contributed by atoms with van der Waals surface area (Å²) in [6.07, 6.45) is -0.653. The highest BCUT2D eigenvalue weighted by molar-refractivity contribution is 6.42. The first kappa shape index (κ1) is 24.3. The molecule has 0 saturated heterocycles. The van der Waals surface area contributed by atoms with E-state index in [-0.39, 0.29) is 11.8 Å². The highest BCUT2D eigenvalue weighted by Gasteiger charge is 2.32. The van der Waals surface area contributed by atoms with Crippen LogP contribution >= 0.6 is 34.8 Å². The monoisotopic (exact) mass is 513 g/mol. The van der Waals surface area contributed by atoms with Crippen LogP contribution in [0, 0.1) is 5.92 Å². The second-order valence-electron chi connectivity index (χ2n) is 8.17. The molecule has 0 radical (unpaired) electrons. The number of carbonyl (C=O) groups excluding carboxylic acids is 2. The van der Waals surface area contributed by atoms with Gasteiger partial charge in [0.1, 0.15) is 0 Å². The number of benzene rings is 3. The number of carbonyl (C=O) groups is 2. The maximum atomic E-state index is 13.3. The van der Waals surface area contributed by atoms with Crippen molar-refractivity contribution in [2.45, 2.75) is 19.5 Å². The predicted molar refractivity (Wildman–Crippen MR) is 138 cm³/mol. The highest BCUT2D eigenvalue weighted by Crippen LogP contribution is 2.30. The molecule has 3 aromatic rings. The van der Waals surface area contributed by atoms with Crippen LogP contribution in [0.5, 0.6) is 0 Å². The van der Waals surface area contributed by atoms with Gasteiger partial charge in [0, 0.05) is 29.1 Å². The summed E-state index contributed by atoms with van der Waals surface area (Å²) >= 11 is 18.4. The Morgan fingerprint density at radius 2 is 1.76 bits per heavy atom. The van der Waals surface area contributed by atoms with Crippen LogP contribution in [0.4, 0.5) is 5.69 Å². The Hall–Kier alpha value is -2.86. The molecule has 0 aliphatic carbocycles. The van der Waals surface area contributed by atoms with E-state index in [1.54, 1.807) is 44.3 Å². The molecule has 1 aliphatic rings. The minimum absolute atomic E-state index is 0.294. The minimum atomic E-state index is -1.09. The largest absolute Gasteiger partial charge is 0.326 e. The first-order valence-electron chi connectivity index (χ1n) is 10.7. The number of hydrogen-bond donors (Lipinski definition) is 1. The first-order valence-corrected chi connectivity index (χ1v) is 11.8. The summed E-state index contributed by atoms with van der Waals surface area (Å²) in [6, 6.07) is 20.1. The normalized spacial score (nSPS) is 16.4. The third-order valence-corrected chi connectivity index (χ3v) is 6.67. The van der Waals surface area contributed by atoms with Gasteiger partial charge in [0.2, 0.25) is 12.1 Å². The van der Waals surface area contributed by atoms with E-state index in [0.717, 1.165) is 16.7 Å². The van der Waals surface area contributed by atoms with E-state index in [1.165, 1.54) is 4.90 Å². The van der Waals surface area contributed by atoms with Crippen molar-refractivity contribution in [1.82, 2.24) is 5.32 Å². The van der Waals surface area contributed by atoms with Crippen molar-refractivity contribution in [2.24, 2.45) is 10.9 Å². The van der Waals surface area contributed by atoms with Crippen LogP contribution in [0.15, 0.2) is 71.7 Å². The molecule has 0 saturated carbocycles. The number of anilines is 1. The molecule has 5 nitrogen and oxygen atoms in total. The number of likely N-dealkylation sites (N-methyl/N-ethyl adjacent to an activating group) is 1. The number of nitrogens with zero attached hydrogens (tertiary/aromatic N) is 2. The molecule has 2 amide bonds. The molecule has 0 spiro atoms. The van der Waals surface area contributed by atoms with Crippen LogP contribution in [0.1, 0.15) is 23.6 Å². The Labute approximate surface area is 213 Å². The number of fused-ring (bicyclic) bond motifs is 1. The maximum Gasteiger partial charge on any atom is 0.272 e. The van der Waals surface area contributed by atoms with Crippen molar-refractivity contribution in [1.29, 1.82) is 0 Å². The number of benzodiazepines with no additional fused rings is 1. The molecule has 1 N–H and O–H groups in total. The van der Waals surface area contributed by atoms with Crippen LogP contribution in [0.3, 0.4) is 0 Å². The van der Waals surface area contributed by atoms with Crippen molar-refractivity contribution < 1.29 is 9.59 Å². The molecule has 4 rings (SSSR count). The van der Waals surface area contributed by atoms with Gasteiger partial charge in [-0.2, -0.15) is 0 Å². The van der Waals surface area contributed by atoms with Crippen molar-refractivity contribution in [3.63, 3.8) is 0 Å². The lowest BCUT2D eigenvalue weighted by Crippen LogP contribution is -2.47. The Morgan fingerprint density at radius 1 is 1.03 bits per heavy atom. The van der Waals surface area contributed by atoms with Gasteiger partial charge in [0.15, 0.2) is 0 Å². The second kappa shape index (κ2) is 10.2. The summed E-state index contributed by atoms with van der Waals surface area (Å²) < 4.78 is 0. The SMILES string of the molecule is C[C@@H](Cc1ccc(Cl)c(Cl)c1)C(=O)NC1N=C(c2ccccc2)c2cc(Cl)ccc2N(C)C1=O. The zero-order chi connectivity index (χ0) is 24.4. The lowest BCUT2D eigenvalue weighted by Gasteiger charge is -2.22. The number of amides is 2. The topological polar surface area (TPSA) is 61.8 Å². The third kappa shape index (κ3) is 5.12. The Balaban J connectivity index is 1.65. The van der Waals surface area contributed by atoms with Gasteiger partial charge in [-0.15, -0.1) is 0 Å². The maximum absolute atomic E-state index is 13.3. The van der Waals surface area contributed by atoms with E-state index < -0.39 is 12.1 Å². The fraction of sp³-hybridized carbons (Fsp3) is 0.192. The van der Waals surface area contributed by atoms with Gasteiger partial charge in [-0.25, -0.2) is 4.99 Å². The van der Waals surface area contributed by atoms with Gasteiger partial charge in [0.05, 0.1) is 21.4 Å². The zero-order valence-electron chi connectivity index (χ0n) is 18.6. The van der Waals surface area contributed by atoms with Gasteiger partial charge in [-0.1, -0.05) is 78.1 Å². The molecule has 2 atom stereocenters. The summed E-state index contributed by atoms with van der Waals surface area (Å²) in [5, 5.41) is 4.24. The molecule has 1 unspecified atom stereocenters. The van der Waals surface area contributed by atoms with Gasteiger partial charge in [0.25, 0.3) is 5.91 Å². The van der Waals surface area contributed by atoms with E-state index in [9.17, 15) is 9.59 Å². The van der Waals surface area contributed by atoms with E-state index in [4.69, 9.17) is 39.8 Å². The molecule has 34 heavy (non-hydrogen) atoms. The summed E-state index contributed by atoms with van der Waals surface area (Å²) in [5.41, 5.74) is 3.65. The first-order chi connectivity index (χ1) is 16.2. The number of rotatable bonds is 5. The molecule has 0 aromatic heterocycles. The van der Waals surface area contributed by atoms with Crippen molar-refractivity contribution in [3.8, 4) is 0 Å². The van der Waals surface area contributed by atoms with Crippen LogP contribution in [0.25, 0.3) is 0 Å². The van der Waals surface area contributed by atoms with E-state index in [1.807, 2.05) is 36.4 Å². The average molecular weight is 515 g/mol. The van der Waals surface area contributed by atoms with E-state index in [0.29, 0.717) is 32.9 Å². The zero-order valence-corrected chi connectivity index (χ0v) is 20.8. The number of halogens is 3. The lowest BCUT2D eigenvalue weighted by molar-refractivity contribution is -0.129. The molecule has 0 fully saturated rings. The fourth-order valence-electron chi connectivity index (χ4n) is 3.86. The van der Waals surface area contributed by atoms with Crippen LogP contribution in [0.2, 0.25) is 15.1 Å². The number of nitrogens with one attached hydrogen (secondary N) is 1. The number of hydrogen-bond acceptors (Lipinski definition) is 3. The molecule has 174 valence electrons. The molecule has 3 aromatic carbocycles. The third-order valence-electron chi connectivity index (χ3n) is 5.70. The van der Waals surface area contributed by atoms with E-state index in [2.05, 4.69) is 5.32 Å². The lowest BCUT2D eigenvalue weighted by atomic mass is 10.00. The molecule has 8 heteroatoms. The van der Waals surface area contributed by atoms with Crippen molar-refractivity contribution in [2.75, 3.05) is 11.9 Å². The van der Waals surface area contributed by atoms with E-state index >= 15 is 0 Å². The average Bonchev–Trinajstić information content (AvgIpc) is 2.92. The summed E-state index contributed by atoms with van der Waals surface area (Å²) in [6.45, 7) is 1.79. The molecular formula is C26H22Cl3N3O2. The molecule has 1 aliphatic heterocycles. The standard InChI is InChI=1S/C26H22Cl3N3O2/c1-15(12-16-8-10-20(28)21(29)13-16)25(33)31-24-26(34)32(2)22-11-9-18(27)14-19(22)23(30-24)17-6-4-3-5-7-17/h3-11,13-15,24H,12H2,1-2H3,(H,31,33)/t15-,24?/m0/s1. The summed E-state index contributed by atoms with van der Waals surface area (Å²) in [7, 11) is 1.66. The van der Waals surface area contributed by atoms with Crippen molar-refractivity contribution >= 4 is 58.0 Å². The predicted octanol–water partition coefficient (Wildman–Crippen LogP) is 5.78.